The van der Waals surface area contributed by atoms with Crippen molar-refractivity contribution in [3.8, 4) is 0 Å². The Hall–Kier alpha value is -2.70. The van der Waals surface area contributed by atoms with Gasteiger partial charge >= 0.3 is 0 Å². The molecule has 0 radical (unpaired) electrons. The summed E-state index contributed by atoms with van der Waals surface area (Å²) in [6.07, 6.45) is 2.15. The van der Waals surface area contributed by atoms with Crippen molar-refractivity contribution < 1.29 is 19.2 Å². The van der Waals surface area contributed by atoms with E-state index in [2.05, 4.69) is 31.9 Å². The van der Waals surface area contributed by atoms with Crippen LogP contribution in [0.15, 0.2) is 18.2 Å². The Kier molecular flexibility index (Phi) is 13.5. The van der Waals surface area contributed by atoms with Gasteiger partial charge in [0.2, 0.25) is 23.6 Å². The standard InChI is InChI=1S/C30H49N7O4S/c1-5-21(4)26-28(40)33-15-16-42-19-23-8-6-7-22(34-23)18-32-12-9-25(38)37-30(10-13-31-14-11-30)29(41)35-24(17-20(2)3)27(39)36-26/h6-8,20-21,24,26,31-32H,5,9-19H2,1-4H3,(H,33,40)(H,35,41)(H,36,39)(H,37,38)/t21-,24-,26-/m0/s1. The lowest BCUT2D eigenvalue weighted by Gasteiger charge is -2.38. The van der Waals surface area contributed by atoms with Gasteiger partial charge in [-0.05, 0) is 56.3 Å². The fourth-order valence-corrected chi connectivity index (χ4v) is 5.97. The number of pyridine rings is 1. The lowest BCUT2D eigenvalue weighted by atomic mass is 9.86. The Morgan fingerprint density at radius 1 is 0.952 bits per heavy atom. The van der Waals surface area contributed by atoms with E-state index >= 15 is 0 Å². The Bertz CT molecular complexity index is 1060. The molecule has 0 unspecified atom stereocenters. The van der Waals surface area contributed by atoms with Crippen LogP contribution >= 0.6 is 11.8 Å². The zero-order valence-corrected chi connectivity index (χ0v) is 26.3. The minimum absolute atomic E-state index is 0.0989. The Morgan fingerprint density at radius 2 is 1.69 bits per heavy atom. The molecule has 0 aliphatic carbocycles. The average molecular weight is 604 g/mol. The quantitative estimate of drug-likeness (QED) is 0.301. The molecule has 3 heterocycles. The first-order valence-corrected chi connectivity index (χ1v) is 16.4. The fourth-order valence-electron chi connectivity index (χ4n) is 5.21. The molecule has 2 aliphatic heterocycles. The van der Waals surface area contributed by atoms with Crippen molar-refractivity contribution in [2.24, 2.45) is 11.8 Å². The van der Waals surface area contributed by atoms with Crippen LogP contribution < -0.4 is 31.9 Å². The first kappa shape index (κ1) is 33.8. The van der Waals surface area contributed by atoms with Gasteiger partial charge in [0.25, 0.3) is 0 Å². The molecule has 234 valence electrons. The Morgan fingerprint density at radius 3 is 2.40 bits per heavy atom. The van der Waals surface area contributed by atoms with Crippen LogP contribution in [0.2, 0.25) is 0 Å². The number of carbonyl (C=O) groups is 4. The number of carbonyl (C=O) groups excluding carboxylic acids is 4. The summed E-state index contributed by atoms with van der Waals surface area (Å²) in [5.74, 6) is 0.224. The highest BCUT2D eigenvalue weighted by Crippen LogP contribution is 2.21. The Balaban J connectivity index is 1.84. The smallest absolute Gasteiger partial charge is 0.246 e. The Labute approximate surface area is 254 Å². The third kappa shape index (κ3) is 10.2. The van der Waals surface area contributed by atoms with Crippen molar-refractivity contribution in [1.82, 2.24) is 36.9 Å². The molecule has 1 aromatic heterocycles. The molecule has 12 heteroatoms. The highest BCUT2D eigenvalue weighted by Gasteiger charge is 2.42. The molecule has 0 aromatic carbocycles. The van der Waals surface area contributed by atoms with Crippen LogP contribution in [0.3, 0.4) is 0 Å². The van der Waals surface area contributed by atoms with E-state index in [-0.39, 0.29) is 41.9 Å². The zero-order valence-electron chi connectivity index (χ0n) is 25.5. The fraction of sp³-hybridized carbons (Fsp3) is 0.700. The van der Waals surface area contributed by atoms with Crippen LogP contribution in [0.25, 0.3) is 0 Å². The van der Waals surface area contributed by atoms with Crippen molar-refractivity contribution in [3.05, 3.63) is 29.6 Å². The predicted molar refractivity (Wildman–Crippen MR) is 165 cm³/mol. The number of aromatic nitrogens is 1. The van der Waals surface area contributed by atoms with Gasteiger partial charge in [-0.1, -0.05) is 40.2 Å². The van der Waals surface area contributed by atoms with Crippen molar-refractivity contribution in [1.29, 1.82) is 0 Å². The first-order valence-electron chi connectivity index (χ1n) is 15.3. The summed E-state index contributed by atoms with van der Waals surface area (Å²) in [6.45, 7) is 10.5. The molecule has 1 saturated heterocycles. The van der Waals surface area contributed by atoms with Gasteiger partial charge < -0.3 is 31.9 Å². The van der Waals surface area contributed by atoms with Crippen LogP contribution in [0.1, 0.15) is 71.2 Å². The summed E-state index contributed by atoms with van der Waals surface area (Å²) in [4.78, 5) is 58.4. The number of nitrogens with zero attached hydrogens (tertiary/aromatic N) is 1. The largest absolute Gasteiger partial charge is 0.353 e. The molecule has 1 spiro atoms. The van der Waals surface area contributed by atoms with Crippen LogP contribution in [-0.4, -0.2) is 78.2 Å². The number of rotatable bonds is 4. The van der Waals surface area contributed by atoms with Crippen molar-refractivity contribution >= 4 is 35.4 Å². The van der Waals surface area contributed by atoms with Gasteiger partial charge in [0, 0.05) is 37.6 Å². The number of nitrogens with one attached hydrogen (secondary N) is 6. The number of amides is 4. The highest BCUT2D eigenvalue weighted by molar-refractivity contribution is 7.98. The summed E-state index contributed by atoms with van der Waals surface area (Å²) >= 11 is 1.68. The molecule has 2 bridgehead atoms. The zero-order chi connectivity index (χ0) is 30.5. The van der Waals surface area contributed by atoms with Crippen LogP contribution in [0.4, 0.5) is 0 Å². The van der Waals surface area contributed by atoms with Gasteiger partial charge in [0.05, 0.1) is 11.4 Å². The average Bonchev–Trinajstić information content (AvgIpc) is 2.97. The van der Waals surface area contributed by atoms with E-state index in [0.29, 0.717) is 69.9 Å². The van der Waals surface area contributed by atoms with E-state index in [1.807, 2.05) is 45.9 Å². The summed E-state index contributed by atoms with van der Waals surface area (Å²) in [6, 6.07) is 4.34. The second-order valence-electron chi connectivity index (χ2n) is 11.8. The molecule has 4 amide bonds. The second-order valence-corrected chi connectivity index (χ2v) is 12.9. The number of piperidine rings is 1. The normalized spacial score (nSPS) is 24.4. The maximum atomic E-state index is 13.8. The van der Waals surface area contributed by atoms with Crippen molar-refractivity contribution in [2.75, 3.05) is 31.9 Å². The maximum absolute atomic E-state index is 13.8. The molecule has 1 fully saturated rings. The monoisotopic (exact) mass is 603 g/mol. The summed E-state index contributed by atoms with van der Waals surface area (Å²) in [5.41, 5.74) is 0.724. The minimum atomic E-state index is -1.12. The van der Waals surface area contributed by atoms with Crippen molar-refractivity contribution in [3.63, 3.8) is 0 Å². The maximum Gasteiger partial charge on any atom is 0.246 e. The van der Waals surface area contributed by atoms with Gasteiger partial charge in [0.1, 0.15) is 17.6 Å². The molecular weight excluding hydrogens is 554 g/mol. The number of thioether (sulfide) groups is 1. The first-order chi connectivity index (χ1) is 20.1. The summed E-state index contributed by atoms with van der Waals surface area (Å²) in [5, 5.41) is 18.4. The van der Waals surface area contributed by atoms with E-state index in [0.717, 1.165) is 11.4 Å². The molecule has 6 N–H and O–H groups in total. The van der Waals surface area contributed by atoms with E-state index in [1.165, 1.54) is 0 Å². The minimum Gasteiger partial charge on any atom is -0.353 e. The topological polar surface area (TPSA) is 153 Å². The highest BCUT2D eigenvalue weighted by atomic mass is 32.2. The van der Waals surface area contributed by atoms with E-state index < -0.39 is 17.6 Å². The second kappa shape index (κ2) is 16.8. The van der Waals surface area contributed by atoms with Crippen molar-refractivity contribution in [2.45, 2.75) is 89.7 Å². The molecule has 1 aromatic rings. The lowest BCUT2D eigenvalue weighted by molar-refractivity contribution is -0.138. The molecule has 3 rings (SSSR count). The third-order valence-corrected chi connectivity index (χ3v) is 8.88. The van der Waals surface area contributed by atoms with E-state index in [1.54, 1.807) is 11.8 Å². The molecule has 0 saturated carbocycles. The number of fused-ring (bicyclic) bond motifs is 2. The van der Waals surface area contributed by atoms with E-state index in [9.17, 15) is 19.2 Å². The summed E-state index contributed by atoms with van der Waals surface area (Å²) < 4.78 is 0. The van der Waals surface area contributed by atoms with Gasteiger partial charge in [-0.25, -0.2) is 0 Å². The molecule has 42 heavy (non-hydrogen) atoms. The molecule has 3 atom stereocenters. The molecule has 2 aliphatic rings. The molecule has 11 nitrogen and oxygen atoms in total. The van der Waals surface area contributed by atoms with Gasteiger partial charge in [-0.3, -0.25) is 24.2 Å². The van der Waals surface area contributed by atoms with Crippen LogP contribution in [0, 0.1) is 11.8 Å². The van der Waals surface area contributed by atoms with Crippen LogP contribution in [0.5, 0.6) is 0 Å². The number of hydrogen-bond acceptors (Lipinski definition) is 8. The SMILES string of the molecule is CC[C@H](C)[C@@H]1NC(=O)[C@H](CC(C)C)NC(=O)C2(CCNCC2)NC(=O)CCNCc2cccc(n2)CSCCNC1=O. The van der Waals surface area contributed by atoms with Gasteiger partial charge in [0.15, 0.2) is 0 Å². The lowest BCUT2D eigenvalue weighted by Crippen LogP contribution is -2.65. The molecular formula is C30H49N7O4S. The third-order valence-electron chi connectivity index (χ3n) is 7.89. The van der Waals surface area contributed by atoms with Gasteiger partial charge in [-0.2, -0.15) is 11.8 Å². The van der Waals surface area contributed by atoms with E-state index in [4.69, 9.17) is 4.98 Å². The van der Waals surface area contributed by atoms with Crippen LogP contribution in [-0.2, 0) is 31.5 Å². The summed E-state index contributed by atoms with van der Waals surface area (Å²) in [7, 11) is 0. The number of hydrogen-bond donors (Lipinski definition) is 6. The van der Waals surface area contributed by atoms with Gasteiger partial charge in [-0.15, -0.1) is 0 Å². The predicted octanol–water partition coefficient (Wildman–Crippen LogP) is 1.22.